The van der Waals surface area contributed by atoms with Crippen LogP contribution in [-0.4, -0.2) is 47.9 Å². The van der Waals surface area contributed by atoms with Crippen molar-refractivity contribution in [2.45, 2.75) is 26.8 Å². The minimum absolute atomic E-state index is 0.0564. The van der Waals surface area contributed by atoms with Gasteiger partial charge in [-0.05, 0) is 38.5 Å². The van der Waals surface area contributed by atoms with Gasteiger partial charge in [-0.25, -0.2) is 0 Å². The Bertz CT molecular complexity index is 462. The highest BCUT2D eigenvalue weighted by Crippen LogP contribution is 2.17. The maximum atomic E-state index is 12.4. The number of rotatable bonds is 2. The Labute approximate surface area is 115 Å². The molecule has 0 atom stereocenters. The van der Waals surface area contributed by atoms with Crippen LogP contribution in [-0.2, 0) is 0 Å². The fraction of sp³-hybridized carbons (Fsp3) is 0.533. The average molecular weight is 261 g/mol. The molecule has 0 aromatic heterocycles. The fourth-order valence-corrected chi connectivity index (χ4v) is 2.49. The van der Waals surface area contributed by atoms with Crippen LogP contribution in [0.3, 0.4) is 0 Å². The summed E-state index contributed by atoms with van der Waals surface area (Å²) in [6.45, 7) is 9.80. The fourth-order valence-electron chi connectivity index (χ4n) is 2.49. The largest absolute Gasteiger partial charge is 0.398 e. The van der Waals surface area contributed by atoms with E-state index in [-0.39, 0.29) is 5.91 Å². The van der Waals surface area contributed by atoms with Crippen molar-refractivity contribution in [3.05, 3.63) is 29.3 Å². The molecule has 19 heavy (non-hydrogen) atoms. The molecule has 0 radical (unpaired) electrons. The van der Waals surface area contributed by atoms with Crippen LogP contribution in [0, 0.1) is 6.92 Å². The van der Waals surface area contributed by atoms with E-state index in [0.717, 1.165) is 31.7 Å². The molecule has 1 fully saturated rings. The minimum Gasteiger partial charge on any atom is -0.398 e. The summed E-state index contributed by atoms with van der Waals surface area (Å²) in [6.07, 6.45) is 0. The van der Waals surface area contributed by atoms with Crippen molar-refractivity contribution in [2.75, 3.05) is 31.9 Å². The number of carbonyl (C=O) groups excluding carboxylic acids is 1. The molecule has 1 saturated heterocycles. The van der Waals surface area contributed by atoms with E-state index in [1.807, 2.05) is 30.0 Å². The van der Waals surface area contributed by atoms with Gasteiger partial charge in [0.25, 0.3) is 5.91 Å². The second-order valence-electron chi connectivity index (χ2n) is 5.51. The zero-order chi connectivity index (χ0) is 14.0. The second-order valence-corrected chi connectivity index (χ2v) is 5.51. The van der Waals surface area contributed by atoms with Crippen LogP contribution >= 0.6 is 0 Å². The first-order valence-corrected chi connectivity index (χ1v) is 6.88. The molecule has 104 valence electrons. The van der Waals surface area contributed by atoms with Gasteiger partial charge >= 0.3 is 0 Å². The van der Waals surface area contributed by atoms with E-state index >= 15 is 0 Å². The zero-order valence-electron chi connectivity index (χ0n) is 12.0. The normalized spacial score (nSPS) is 16.9. The van der Waals surface area contributed by atoms with Crippen molar-refractivity contribution in [1.29, 1.82) is 0 Å². The van der Waals surface area contributed by atoms with Crippen LogP contribution < -0.4 is 5.73 Å². The summed E-state index contributed by atoms with van der Waals surface area (Å²) in [5.74, 6) is 0.0564. The molecule has 1 amide bonds. The van der Waals surface area contributed by atoms with Gasteiger partial charge in [0.2, 0.25) is 0 Å². The molecule has 0 bridgehead atoms. The van der Waals surface area contributed by atoms with E-state index in [1.54, 1.807) is 0 Å². The number of hydrogen-bond acceptors (Lipinski definition) is 3. The lowest BCUT2D eigenvalue weighted by Crippen LogP contribution is -2.50. The summed E-state index contributed by atoms with van der Waals surface area (Å²) in [6, 6.07) is 6.18. The smallest absolute Gasteiger partial charge is 0.256 e. The Morgan fingerprint density at radius 3 is 2.37 bits per heavy atom. The average Bonchev–Trinajstić information content (AvgIpc) is 2.38. The van der Waals surface area contributed by atoms with Gasteiger partial charge in [0.1, 0.15) is 0 Å². The highest BCUT2D eigenvalue weighted by Gasteiger charge is 2.24. The highest BCUT2D eigenvalue weighted by atomic mass is 16.2. The third-order valence-corrected chi connectivity index (χ3v) is 3.77. The van der Waals surface area contributed by atoms with E-state index in [2.05, 4.69) is 18.7 Å². The van der Waals surface area contributed by atoms with Gasteiger partial charge in [-0.2, -0.15) is 0 Å². The molecule has 1 heterocycles. The van der Waals surface area contributed by atoms with Crippen molar-refractivity contribution >= 4 is 11.6 Å². The first-order valence-electron chi connectivity index (χ1n) is 6.88. The van der Waals surface area contributed by atoms with Crippen molar-refractivity contribution in [2.24, 2.45) is 0 Å². The van der Waals surface area contributed by atoms with Gasteiger partial charge in [0.05, 0.1) is 5.56 Å². The molecule has 0 unspecified atom stereocenters. The monoisotopic (exact) mass is 261 g/mol. The summed E-state index contributed by atoms with van der Waals surface area (Å²) in [4.78, 5) is 16.7. The predicted octanol–water partition coefficient (Wildman–Crippen LogP) is 1.74. The van der Waals surface area contributed by atoms with Gasteiger partial charge in [-0.3, -0.25) is 9.69 Å². The molecule has 1 aliphatic rings. The lowest BCUT2D eigenvalue weighted by Gasteiger charge is -2.37. The number of aryl methyl sites for hydroxylation is 1. The Kier molecular flexibility index (Phi) is 4.10. The van der Waals surface area contributed by atoms with Gasteiger partial charge in [-0.15, -0.1) is 0 Å². The zero-order valence-corrected chi connectivity index (χ0v) is 12.0. The number of hydrogen-bond donors (Lipinski definition) is 1. The lowest BCUT2D eigenvalue weighted by atomic mass is 10.1. The first kappa shape index (κ1) is 13.9. The SMILES string of the molecule is Cc1ccc(C(=O)N2CCN(C(C)C)CC2)c(N)c1. The number of nitrogens with zero attached hydrogens (tertiary/aromatic N) is 2. The number of piperazine rings is 1. The van der Waals surface area contributed by atoms with Crippen LogP contribution in [0.5, 0.6) is 0 Å². The van der Waals surface area contributed by atoms with Crippen LogP contribution in [0.2, 0.25) is 0 Å². The van der Waals surface area contributed by atoms with Crippen molar-refractivity contribution in [3.63, 3.8) is 0 Å². The first-order chi connectivity index (χ1) is 8.99. The number of carbonyl (C=O) groups is 1. The van der Waals surface area contributed by atoms with Gasteiger partial charge in [-0.1, -0.05) is 6.07 Å². The predicted molar refractivity (Wildman–Crippen MR) is 78.2 cm³/mol. The molecule has 0 aliphatic carbocycles. The molecule has 1 aliphatic heterocycles. The lowest BCUT2D eigenvalue weighted by molar-refractivity contribution is 0.0596. The van der Waals surface area contributed by atoms with Crippen LogP contribution in [0.15, 0.2) is 18.2 Å². The summed E-state index contributed by atoms with van der Waals surface area (Å²) in [5, 5.41) is 0. The molecule has 1 aromatic rings. The number of nitrogens with two attached hydrogens (primary N) is 1. The number of benzene rings is 1. The summed E-state index contributed by atoms with van der Waals surface area (Å²) in [7, 11) is 0. The molecule has 4 nitrogen and oxygen atoms in total. The van der Waals surface area contributed by atoms with Crippen molar-refractivity contribution in [3.8, 4) is 0 Å². The molecule has 0 saturated carbocycles. The molecule has 2 rings (SSSR count). The number of amides is 1. The van der Waals surface area contributed by atoms with E-state index in [4.69, 9.17) is 5.73 Å². The Hall–Kier alpha value is -1.55. The summed E-state index contributed by atoms with van der Waals surface area (Å²) < 4.78 is 0. The van der Waals surface area contributed by atoms with Crippen LogP contribution in [0.4, 0.5) is 5.69 Å². The van der Waals surface area contributed by atoms with Crippen molar-refractivity contribution < 1.29 is 4.79 Å². The van der Waals surface area contributed by atoms with Crippen LogP contribution in [0.1, 0.15) is 29.8 Å². The summed E-state index contributed by atoms with van der Waals surface area (Å²) >= 11 is 0. The molecular formula is C15H23N3O. The van der Waals surface area contributed by atoms with Gasteiger partial charge in [0, 0.05) is 37.9 Å². The standard InChI is InChI=1S/C15H23N3O/c1-11(2)17-6-8-18(9-7-17)15(19)13-5-4-12(3)10-14(13)16/h4-5,10-11H,6-9,16H2,1-3H3. The van der Waals surface area contributed by atoms with E-state index in [1.165, 1.54) is 0 Å². The third kappa shape index (κ3) is 3.07. The minimum atomic E-state index is 0.0564. The van der Waals surface area contributed by atoms with Gasteiger partial charge in [0.15, 0.2) is 0 Å². The van der Waals surface area contributed by atoms with E-state index in [9.17, 15) is 4.79 Å². The van der Waals surface area contributed by atoms with Crippen LogP contribution in [0.25, 0.3) is 0 Å². The van der Waals surface area contributed by atoms with Gasteiger partial charge < -0.3 is 10.6 Å². The quantitative estimate of drug-likeness (QED) is 0.825. The highest BCUT2D eigenvalue weighted by molar-refractivity contribution is 5.99. The maximum Gasteiger partial charge on any atom is 0.256 e. The maximum absolute atomic E-state index is 12.4. The van der Waals surface area contributed by atoms with E-state index in [0.29, 0.717) is 17.3 Å². The summed E-state index contributed by atoms with van der Waals surface area (Å²) in [5.41, 5.74) is 8.24. The molecule has 2 N–H and O–H groups in total. The molecule has 4 heteroatoms. The Balaban J connectivity index is 2.05. The van der Waals surface area contributed by atoms with Crippen molar-refractivity contribution in [1.82, 2.24) is 9.80 Å². The third-order valence-electron chi connectivity index (χ3n) is 3.77. The topological polar surface area (TPSA) is 49.6 Å². The second kappa shape index (κ2) is 5.61. The molecule has 1 aromatic carbocycles. The Morgan fingerprint density at radius 2 is 1.84 bits per heavy atom. The van der Waals surface area contributed by atoms with E-state index < -0.39 is 0 Å². The number of anilines is 1. The number of nitrogen functional groups attached to an aromatic ring is 1. The Morgan fingerprint density at radius 1 is 1.21 bits per heavy atom. The molecule has 0 spiro atoms. The molecular weight excluding hydrogens is 238 g/mol.